The molecule has 0 spiro atoms. The highest BCUT2D eigenvalue weighted by Crippen LogP contribution is 2.39. The summed E-state index contributed by atoms with van der Waals surface area (Å²) in [6.07, 6.45) is 0. The Bertz CT molecular complexity index is 1830. The van der Waals surface area contributed by atoms with Crippen LogP contribution in [0.2, 0.25) is 0 Å². The summed E-state index contributed by atoms with van der Waals surface area (Å²) in [6.45, 7) is 0. The van der Waals surface area contributed by atoms with Gasteiger partial charge in [0.25, 0.3) is 0 Å². The van der Waals surface area contributed by atoms with Gasteiger partial charge in [0, 0.05) is 21.2 Å². The molecule has 0 aliphatic rings. The summed E-state index contributed by atoms with van der Waals surface area (Å²) in [6, 6.07) is 43.6. The van der Waals surface area contributed by atoms with Crippen molar-refractivity contribution in [2.24, 2.45) is 0 Å². The number of anilines is 2. The molecule has 7 aromatic rings. The van der Waals surface area contributed by atoms with Crippen LogP contribution in [0.25, 0.3) is 52.8 Å². The third-order valence-electron chi connectivity index (χ3n) is 6.65. The zero-order valence-electron chi connectivity index (χ0n) is 18.5. The summed E-state index contributed by atoms with van der Waals surface area (Å²) in [5.41, 5.74) is 4.75. The molecule has 0 aliphatic carbocycles. The molecule has 0 saturated heterocycles. The largest absolute Gasteiger partial charge is 0.354 e. The van der Waals surface area contributed by atoms with E-state index in [0.717, 1.165) is 11.4 Å². The molecule has 0 bridgehead atoms. The number of nitrogens with one attached hydrogen (secondary N) is 1. The SMILES string of the molecule is c1ccc2c(c1)cc(-c1ccc(Nc3cccc4c3sc3ccccc34)cc1)c1ccccc12. The summed E-state index contributed by atoms with van der Waals surface area (Å²) in [5, 5.41) is 11.5. The maximum Gasteiger partial charge on any atom is 0.0590 e. The van der Waals surface area contributed by atoms with E-state index in [2.05, 4.69) is 127 Å². The summed E-state index contributed by atoms with van der Waals surface area (Å²) in [7, 11) is 0. The Morgan fingerprint density at radius 3 is 2.03 bits per heavy atom. The van der Waals surface area contributed by atoms with Crippen LogP contribution < -0.4 is 5.32 Å². The fourth-order valence-electron chi connectivity index (χ4n) is 5.03. The average Bonchev–Trinajstić information content (AvgIpc) is 3.29. The van der Waals surface area contributed by atoms with Crippen molar-refractivity contribution in [1.29, 1.82) is 0 Å². The Morgan fingerprint density at radius 2 is 1.18 bits per heavy atom. The number of fused-ring (bicyclic) bond motifs is 6. The van der Waals surface area contributed by atoms with Crippen molar-refractivity contribution in [3.05, 3.63) is 121 Å². The van der Waals surface area contributed by atoms with Crippen LogP contribution in [0.3, 0.4) is 0 Å². The van der Waals surface area contributed by atoms with Crippen molar-refractivity contribution in [2.75, 3.05) is 5.32 Å². The number of thiophene rings is 1. The minimum Gasteiger partial charge on any atom is -0.354 e. The molecule has 0 unspecified atom stereocenters. The second-order valence-corrected chi connectivity index (χ2v) is 9.73. The molecule has 2 heteroatoms. The van der Waals surface area contributed by atoms with Crippen molar-refractivity contribution in [3.63, 3.8) is 0 Å². The normalized spacial score (nSPS) is 11.5. The van der Waals surface area contributed by atoms with Crippen LogP contribution in [-0.2, 0) is 0 Å². The van der Waals surface area contributed by atoms with E-state index in [-0.39, 0.29) is 0 Å². The van der Waals surface area contributed by atoms with Gasteiger partial charge in [0.1, 0.15) is 0 Å². The maximum atomic E-state index is 3.66. The van der Waals surface area contributed by atoms with Crippen LogP contribution in [0.1, 0.15) is 0 Å². The Labute approximate surface area is 201 Å². The van der Waals surface area contributed by atoms with Crippen molar-refractivity contribution in [3.8, 4) is 11.1 Å². The summed E-state index contributed by atoms with van der Waals surface area (Å²) in [4.78, 5) is 0. The zero-order chi connectivity index (χ0) is 22.5. The standard InChI is InChI=1S/C32H21NS/c1-2-9-24-22(8-1)20-29(26-11-4-3-10-25(24)26)21-16-18-23(19-17-21)33-30-14-7-13-28-27-12-5-6-15-31(27)34-32(28)30/h1-20,33H. The zero-order valence-corrected chi connectivity index (χ0v) is 19.3. The summed E-state index contributed by atoms with van der Waals surface area (Å²) >= 11 is 1.85. The number of hydrogen-bond donors (Lipinski definition) is 1. The first-order chi connectivity index (χ1) is 16.8. The minimum absolute atomic E-state index is 1.10. The van der Waals surface area contributed by atoms with E-state index in [1.54, 1.807) is 0 Å². The van der Waals surface area contributed by atoms with Crippen molar-refractivity contribution in [1.82, 2.24) is 0 Å². The lowest BCUT2D eigenvalue weighted by Crippen LogP contribution is -1.90. The van der Waals surface area contributed by atoms with Gasteiger partial charge in [-0.25, -0.2) is 0 Å². The molecule has 0 amide bonds. The molecule has 1 nitrogen and oxygen atoms in total. The van der Waals surface area contributed by atoms with Crippen molar-refractivity contribution in [2.45, 2.75) is 0 Å². The molecule has 7 rings (SSSR count). The van der Waals surface area contributed by atoms with Crippen LogP contribution in [0.5, 0.6) is 0 Å². The van der Waals surface area contributed by atoms with E-state index in [0.29, 0.717) is 0 Å². The fourth-order valence-corrected chi connectivity index (χ4v) is 6.20. The smallest absolute Gasteiger partial charge is 0.0590 e. The molecular formula is C32H21NS. The van der Waals surface area contributed by atoms with Gasteiger partial charge in [0.05, 0.1) is 10.4 Å². The molecule has 1 aromatic heterocycles. The third kappa shape index (κ3) is 3.07. The maximum absolute atomic E-state index is 3.66. The van der Waals surface area contributed by atoms with E-state index < -0.39 is 0 Å². The number of benzene rings is 6. The summed E-state index contributed by atoms with van der Waals surface area (Å²) < 4.78 is 2.62. The topological polar surface area (TPSA) is 12.0 Å². The van der Waals surface area contributed by atoms with Gasteiger partial charge in [-0.3, -0.25) is 0 Å². The van der Waals surface area contributed by atoms with Crippen LogP contribution in [0, 0.1) is 0 Å². The first kappa shape index (κ1) is 19.3. The number of rotatable bonds is 3. The molecule has 1 heterocycles. The second-order valence-electron chi connectivity index (χ2n) is 8.67. The predicted molar refractivity (Wildman–Crippen MR) is 150 cm³/mol. The van der Waals surface area contributed by atoms with Gasteiger partial charge in [-0.15, -0.1) is 11.3 Å². The van der Waals surface area contributed by atoms with Gasteiger partial charge in [-0.2, -0.15) is 0 Å². The lowest BCUT2D eigenvalue weighted by atomic mass is 9.93. The monoisotopic (exact) mass is 451 g/mol. The molecule has 0 radical (unpaired) electrons. The van der Waals surface area contributed by atoms with Crippen LogP contribution in [0.15, 0.2) is 121 Å². The molecule has 1 N–H and O–H groups in total. The Kier molecular flexibility index (Phi) is 4.39. The third-order valence-corrected chi connectivity index (χ3v) is 7.87. The first-order valence-corrected chi connectivity index (χ1v) is 12.3. The number of hydrogen-bond acceptors (Lipinski definition) is 2. The van der Waals surface area contributed by atoms with E-state index in [4.69, 9.17) is 0 Å². The van der Waals surface area contributed by atoms with Gasteiger partial charge >= 0.3 is 0 Å². The average molecular weight is 452 g/mol. The van der Waals surface area contributed by atoms with Gasteiger partial charge in [0.2, 0.25) is 0 Å². The lowest BCUT2D eigenvalue weighted by molar-refractivity contribution is 1.58. The van der Waals surface area contributed by atoms with Gasteiger partial charge in [0.15, 0.2) is 0 Å². The molecule has 0 aliphatic heterocycles. The molecule has 6 aromatic carbocycles. The molecule has 0 fully saturated rings. The fraction of sp³-hybridized carbons (Fsp3) is 0. The van der Waals surface area contributed by atoms with Crippen molar-refractivity contribution >= 4 is 64.4 Å². The van der Waals surface area contributed by atoms with Gasteiger partial charge in [-0.1, -0.05) is 91.0 Å². The first-order valence-electron chi connectivity index (χ1n) is 11.5. The highest BCUT2D eigenvalue weighted by atomic mass is 32.1. The summed E-state index contributed by atoms with van der Waals surface area (Å²) in [5.74, 6) is 0. The van der Waals surface area contributed by atoms with E-state index in [9.17, 15) is 0 Å². The van der Waals surface area contributed by atoms with Gasteiger partial charge in [-0.05, 0) is 63.0 Å². The second kappa shape index (κ2) is 7.72. The highest BCUT2D eigenvalue weighted by Gasteiger charge is 2.10. The lowest BCUT2D eigenvalue weighted by Gasteiger charge is -2.12. The highest BCUT2D eigenvalue weighted by molar-refractivity contribution is 7.26. The van der Waals surface area contributed by atoms with E-state index in [1.165, 1.54) is 52.8 Å². The Balaban J connectivity index is 1.30. The minimum atomic E-state index is 1.10. The van der Waals surface area contributed by atoms with E-state index >= 15 is 0 Å². The van der Waals surface area contributed by atoms with Crippen LogP contribution >= 0.6 is 11.3 Å². The molecule has 34 heavy (non-hydrogen) atoms. The van der Waals surface area contributed by atoms with Gasteiger partial charge < -0.3 is 5.32 Å². The quantitative estimate of drug-likeness (QED) is 0.264. The molecule has 160 valence electrons. The van der Waals surface area contributed by atoms with Crippen LogP contribution in [-0.4, -0.2) is 0 Å². The Hall–Kier alpha value is -4.14. The van der Waals surface area contributed by atoms with Crippen LogP contribution in [0.4, 0.5) is 11.4 Å². The molecule has 0 atom stereocenters. The van der Waals surface area contributed by atoms with Crippen molar-refractivity contribution < 1.29 is 0 Å². The van der Waals surface area contributed by atoms with E-state index in [1.807, 2.05) is 11.3 Å². The molecular weight excluding hydrogens is 430 g/mol. The predicted octanol–water partition coefficient (Wildman–Crippen LogP) is 9.77. The molecule has 0 saturated carbocycles. The Morgan fingerprint density at radius 1 is 0.500 bits per heavy atom.